The molecule has 1 aromatic heterocycles. The molecule has 150 valence electrons. The monoisotopic (exact) mass is 387 g/mol. The van der Waals surface area contributed by atoms with Crippen molar-refractivity contribution < 1.29 is 19.1 Å². The number of nitrogens with zero attached hydrogens (tertiary/aromatic N) is 3. The number of benzene rings is 1. The van der Waals surface area contributed by atoms with Gasteiger partial charge >= 0.3 is 11.9 Å². The number of rotatable bonds is 8. The van der Waals surface area contributed by atoms with E-state index in [1.165, 1.54) is 18.9 Å². The maximum Gasteiger partial charge on any atom is 0.354 e. The SMILES string of the molecule is COC(=O)CCCC/C(=N/n1c(C(C)C)nc2ccccc2c1=O)C(=O)OC. The average Bonchev–Trinajstić information content (AvgIpc) is 2.70. The molecule has 0 fully saturated rings. The van der Waals surface area contributed by atoms with Gasteiger partial charge in [-0.2, -0.15) is 9.78 Å². The minimum absolute atomic E-state index is 0.0840. The Hall–Kier alpha value is -3.03. The van der Waals surface area contributed by atoms with Gasteiger partial charge in [0.25, 0.3) is 5.56 Å². The predicted molar refractivity (Wildman–Crippen MR) is 105 cm³/mol. The summed E-state index contributed by atoms with van der Waals surface area (Å²) in [6, 6.07) is 7.01. The minimum Gasteiger partial charge on any atom is -0.469 e. The quantitative estimate of drug-likeness (QED) is 0.392. The summed E-state index contributed by atoms with van der Waals surface area (Å²) < 4.78 is 10.6. The molecule has 0 atom stereocenters. The number of esters is 2. The van der Waals surface area contributed by atoms with Crippen LogP contribution in [0.3, 0.4) is 0 Å². The van der Waals surface area contributed by atoms with E-state index in [-0.39, 0.29) is 36.0 Å². The summed E-state index contributed by atoms with van der Waals surface area (Å²) >= 11 is 0. The molecule has 0 unspecified atom stereocenters. The van der Waals surface area contributed by atoms with E-state index in [2.05, 4.69) is 14.8 Å². The Morgan fingerprint density at radius 1 is 1.11 bits per heavy atom. The summed E-state index contributed by atoms with van der Waals surface area (Å²) in [5, 5.41) is 4.73. The fraction of sp³-hybridized carbons (Fsp3) is 0.450. The molecule has 0 aliphatic rings. The first-order valence-corrected chi connectivity index (χ1v) is 9.13. The molecule has 0 radical (unpaired) electrons. The molecule has 0 amide bonds. The molecule has 0 saturated carbocycles. The highest BCUT2D eigenvalue weighted by Crippen LogP contribution is 2.15. The van der Waals surface area contributed by atoms with E-state index in [9.17, 15) is 14.4 Å². The van der Waals surface area contributed by atoms with E-state index in [0.717, 1.165) is 0 Å². The van der Waals surface area contributed by atoms with Crippen molar-refractivity contribution in [3.63, 3.8) is 0 Å². The van der Waals surface area contributed by atoms with E-state index < -0.39 is 5.97 Å². The van der Waals surface area contributed by atoms with Crippen LogP contribution in [0.2, 0.25) is 0 Å². The van der Waals surface area contributed by atoms with Crippen LogP contribution in [0.15, 0.2) is 34.2 Å². The number of fused-ring (bicyclic) bond motifs is 1. The highest BCUT2D eigenvalue weighted by Gasteiger charge is 2.18. The van der Waals surface area contributed by atoms with Crippen molar-refractivity contribution in [2.45, 2.75) is 45.4 Å². The van der Waals surface area contributed by atoms with Gasteiger partial charge in [-0.25, -0.2) is 9.78 Å². The first kappa shape index (κ1) is 21.3. The zero-order chi connectivity index (χ0) is 20.7. The van der Waals surface area contributed by atoms with Crippen molar-refractivity contribution >= 4 is 28.6 Å². The van der Waals surface area contributed by atoms with Crippen molar-refractivity contribution in [1.82, 2.24) is 9.66 Å². The summed E-state index contributed by atoms with van der Waals surface area (Å²) in [6.07, 6.45) is 1.57. The second-order valence-corrected chi connectivity index (χ2v) is 6.58. The lowest BCUT2D eigenvalue weighted by Gasteiger charge is -2.13. The van der Waals surface area contributed by atoms with Crippen LogP contribution in [0, 0.1) is 0 Å². The Bertz CT molecular complexity index is 946. The van der Waals surface area contributed by atoms with Crippen LogP contribution in [0.1, 0.15) is 51.3 Å². The Kier molecular flexibility index (Phi) is 7.43. The van der Waals surface area contributed by atoms with E-state index in [4.69, 9.17) is 4.74 Å². The maximum absolute atomic E-state index is 13.0. The van der Waals surface area contributed by atoms with Gasteiger partial charge in [0.1, 0.15) is 11.5 Å². The topological polar surface area (TPSA) is 99.9 Å². The summed E-state index contributed by atoms with van der Waals surface area (Å²) in [5.41, 5.74) is 0.346. The summed E-state index contributed by atoms with van der Waals surface area (Å²) in [7, 11) is 2.59. The highest BCUT2D eigenvalue weighted by atomic mass is 16.5. The Morgan fingerprint density at radius 2 is 1.79 bits per heavy atom. The fourth-order valence-corrected chi connectivity index (χ4v) is 2.71. The fourth-order valence-electron chi connectivity index (χ4n) is 2.71. The van der Waals surface area contributed by atoms with Crippen LogP contribution in [0.5, 0.6) is 0 Å². The van der Waals surface area contributed by atoms with Gasteiger partial charge in [-0.05, 0) is 31.4 Å². The lowest BCUT2D eigenvalue weighted by Crippen LogP contribution is -2.27. The zero-order valence-electron chi connectivity index (χ0n) is 16.6. The largest absolute Gasteiger partial charge is 0.469 e. The minimum atomic E-state index is -0.618. The molecule has 2 aromatic rings. The Balaban J connectivity index is 2.44. The molecule has 0 bridgehead atoms. The number of methoxy groups -OCH3 is 2. The summed E-state index contributed by atoms with van der Waals surface area (Å²) in [6.45, 7) is 3.80. The highest BCUT2D eigenvalue weighted by molar-refractivity contribution is 6.36. The second-order valence-electron chi connectivity index (χ2n) is 6.58. The third-order valence-electron chi connectivity index (χ3n) is 4.21. The van der Waals surface area contributed by atoms with E-state index >= 15 is 0 Å². The molecule has 8 nitrogen and oxygen atoms in total. The van der Waals surface area contributed by atoms with Crippen LogP contribution >= 0.6 is 0 Å². The molecule has 1 heterocycles. The van der Waals surface area contributed by atoms with E-state index in [0.29, 0.717) is 29.6 Å². The second kappa shape index (κ2) is 9.77. The first-order chi connectivity index (χ1) is 13.4. The molecule has 8 heteroatoms. The van der Waals surface area contributed by atoms with Gasteiger partial charge in [-0.15, -0.1) is 0 Å². The van der Waals surface area contributed by atoms with Gasteiger partial charge in [-0.3, -0.25) is 9.59 Å². The van der Waals surface area contributed by atoms with Crippen molar-refractivity contribution in [2.24, 2.45) is 5.10 Å². The van der Waals surface area contributed by atoms with Gasteiger partial charge in [0.05, 0.1) is 25.1 Å². The number of carbonyl (C=O) groups excluding carboxylic acids is 2. The van der Waals surface area contributed by atoms with Gasteiger partial charge in [-0.1, -0.05) is 26.0 Å². The number of ether oxygens (including phenoxy) is 2. The van der Waals surface area contributed by atoms with Gasteiger partial charge < -0.3 is 9.47 Å². The lowest BCUT2D eigenvalue weighted by molar-refractivity contribution is -0.140. The molecular weight excluding hydrogens is 362 g/mol. The standard InChI is InChI=1S/C20H25N3O5/c1-13(2)18-21-15-10-6-5-9-14(15)19(25)23(18)22-16(20(26)28-4)11-7-8-12-17(24)27-3/h5-6,9-10,13H,7-8,11-12H2,1-4H3/b22-16-. The van der Waals surface area contributed by atoms with Gasteiger partial charge in [0.2, 0.25) is 0 Å². The third kappa shape index (κ3) is 5.03. The van der Waals surface area contributed by atoms with Crippen molar-refractivity contribution in [3.8, 4) is 0 Å². The van der Waals surface area contributed by atoms with Crippen molar-refractivity contribution in [3.05, 3.63) is 40.4 Å². The number of hydrogen-bond donors (Lipinski definition) is 0. The smallest absolute Gasteiger partial charge is 0.354 e. The van der Waals surface area contributed by atoms with Gasteiger partial charge in [0, 0.05) is 12.3 Å². The number of unbranched alkanes of at least 4 members (excludes halogenated alkanes) is 1. The van der Waals surface area contributed by atoms with Crippen LogP contribution in [0.25, 0.3) is 10.9 Å². The normalized spacial score (nSPS) is 11.7. The van der Waals surface area contributed by atoms with Crippen LogP contribution in [-0.4, -0.2) is 41.5 Å². The van der Waals surface area contributed by atoms with Crippen molar-refractivity contribution in [2.75, 3.05) is 14.2 Å². The molecule has 0 spiro atoms. The summed E-state index contributed by atoms with van der Waals surface area (Å²) in [5.74, 6) is -0.555. The molecular formula is C20H25N3O5. The third-order valence-corrected chi connectivity index (χ3v) is 4.21. The molecule has 1 aromatic carbocycles. The molecule has 0 aliphatic carbocycles. The summed E-state index contributed by atoms with van der Waals surface area (Å²) in [4.78, 5) is 40.9. The van der Waals surface area contributed by atoms with Crippen LogP contribution in [0.4, 0.5) is 0 Å². The number of para-hydroxylation sites is 1. The lowest BCUT2D eigenvalue weighted by atomic mass is 10.1. The molecule has 2 rings (SSSR count). The van der Waals surface area contributed by atoms with Gasteiger partial charge in [0.15, 0.2) is 0 Å². The Labute approximate surface area is 163 Å². The molecule has 0 N–H and O–H groups in total. The van der Waals surface area contributed by atoms with Crippen LogP contribution in [-0.2, 0) is 19.1 Å². The van der Waals surface area contributed by atoms with Crippen molar-refractivity contribution in [1.29, 1.82) is 0 Å². The number of aromatic nitrogens is 2. The van der Waals surface area contributed by atoms with E-state index in [1.54, 1.807) is 18.2 Å². The number of carbonyl (C=O) groups is 2. The molecule has 28 heavy (non-hydrogen) atoms. The average molecular weight is 387 g/mol. The number of hydrogen-bond acceptors (Lipinski definition) is 7. The molecule has 0 saturated heterocycles. The zero-order valence-corrected chi connectivity index (χ0v) is 16.6. The molecule has 0 aliphatic heterocycles. The predicted octanol–water partition coefficient (Wildman–Crippen LogP) is 2.63. The Morgan fingerprint density at radius 3 is 2.43 bits per heavy atom. The van der Waals surface area contributed by atoms with Crippen LogP contribution < -0.4 is 5.56 Å². The van der Waals surface area contributed by atoms with E-state index in [1.807, 2.05) is 19.9 Å². The first-order valence-electron chi connectivity index (χ1n) is 9.13. The maximum atomic E-state index is 13.0.